The minimum atomic E-state index is 0.670. The Morgan fingerprint density at radius 3 is 2.26 bits per heavy atom. The molecule has 4 heteroatoms. The number of nitrogens with zero attached hydrogens (tertiary/aromatic N) is 3. The number of hydrogen-bond acceptors (Lipinski definition) is 4. The highest BCUT2D eigenvalue weighted by Gasteiger charge is 2.29. The maximum Gasteiger partial charge on any atom is 0.127 e. The van der Waals surface area contributed by atoms with Gasteiger partial charge in [0.25, 0.3) is 0 Å². The molecule has 1 aromatic heterocycles. The molecule has 1 saturated carbocycles. The van der Waals surface area contributed by atoms with Gasteiger partial charge in [-0.25, -0.2) is 9.97 Å². The first-order valence-corrected chi connectivity index (χ1v) is 9.34. The van der Waals surface area contributed by atoms with Crippen molar-refractivity contribution in [2.75, 3.05) is 26.8 Å². The number of methoxy groups -OCH3 is 1. The number of aromatic nitrogens is 2. The van der Waals surface area contributed by atoms with Crippen molar-refractivity contribution in [2.24, 2.45) is 5.92 Å². The lowest BCUT2D eigenvalue weighted by molar-refractivity contribution is 0.0664. The molecule has 0 amide bonds. The first-order valence-electron chi connectivity index (χ1n) is 9.34. The van der Waals surface area contributed by atoms with Crippen LogP contribution in [0.15, 0.2) is 12.4 Å². The van der Waals surface area contributed by atoms with E-state index in [9.17, 15) is 0 Å². The maximum absolute atomic E-state index is 5.31. The van der Waals surface area contributed by atoms with E-state index >= 15 is 0 Å². The number of hydrogen-bond donors (Lipinski definition) is 0. The summed E-state index contributed by atoms with van der Waals surface area (Å²) in [6.45, 7) is 5.57. The SMILES string of the molecule is CCc1ncc([C@H]2CC[C@H](N3CCC(COC)CC3)CC2)cn1. The van der Waals surface area contributed by atoms with Crippen molar-refractivity contribution in [1.82, 2.24) is 14.9 Å². The molecule has 2 aliphatic rings. The lowest BCUT2D eigenvalue weighted by Crippen LogP contribution is -2.43. The fraction of sp³-hybridized carbons (Fsp3) is 0.789. The average Bonchev–Trinajstić information content (AvgIpc) is 2.63. The molecule has 1 aliphatic carbocycles. The van der Waals surface area contributed by atoms with Gasteiger partial charge in [-0.15, -0.1) is 0 Å². The number of piperidine rings is 1. The van der Waals surface area contributed by atoms with E-state index in [-0.39, 0.29) is 0 Å². The Morgan fingerprint density at radius 1 is 1.04 bits per heavy atom. The van der Waals surface area contributed by atoms with Crippen LogP contribution in [0.4, 0.5) is 0 Å². The van der Waals surface area contributed by atoms with Gasteiger partial charge in [-0.3, -0.25) is 0 Å². The van der Waals surface area contributed by atoms with Gasteiger partial charge >= 0.3 is 0 Å². The summed E-state index contributed by atoms with van der Waals surface area (Å²) >= 11 is 0. The molecule has 2 heterocycles. The quantitative estimate of drug-likeness (QED) is 0.834. The first-order chi connectivity index (χ1) is 11.3. The molecular weight excluding hydrogens is 286 g/mol. The summed E-state index contributed by atoms with van der Waals surface area (Å²) in [5.74, 6) is 2.41. The van der Waals surface area contributed by atoms with Crippen LogP contribution >= 0.6 is 0 Å². The van der Waals surface area contributed by atoms with Crippen molar-refractivity contribution >= 4 is 0 Å². The number of aryl methyl sites for hydroxylation is 1. The molecule has 0 bridgehead atoms. The second-order valence-electron chi connectivity index (χ2n) is 7.23. The zero-order chi connectivity index (χ0) is 16.1. The highest BCUT2D eigenvalue weighted by molar-refractivity contribution is 5.13. The van der Waals surface area contributed by atoms with Crippen LogP contribution in [0.1, 0.15) is 62.8 Å². The molecule has 0 radical (unpaired) electrons. The molecule has 1 saturated heterocycles. The molecule has 0 unspecified atom stereocenters. The topological polar surface area (TPSA) is 38.2 Å². The van der Waals surface area contributed by atoms with E-state index in [1.54, 1.807) is 0 Å². The lowest BCUT2D eigenvalue weighted by atomic mass is 9.81. The van der Waals surface area contributed by atoms with E-state index in [0.717, 1.165) is 30.8 Å². The van der Waals surface area contributed by atoms with E-state index in [1.165, 1.54) is 57.2 Å². The zero-order valence-electron chi connectivity index (χ0n) is 14.7. The van der Waals surface area contributed by atoms with Crippen LogP contribution in [0, 0.1) is 5.92 Å². The predicted molar refractivity (Wildman–Crippen MR) is 92.6 cm³/mol. The summed E-state index contributed by atoms with van der Waals surface area (Å²) in [6, 6.07) is 0.797. The van der Waals surface area contributed by atoms with Crippen molar-refractivity contribution in [3.63, 3.8) is 0 Å². The Labute approximate surface area is 140 Å². The monoisotopic (exact) mass is 317 g/mol. The smallest absolute Gasteiger partial charge is 0.127 e. The summed E-state index contributed by atoms with van der Waals surface area (Å²) in [4.78, 5) is 11.7. The van der Waals surface area contributed by atoms with E-state index in [1.807, 2.05) is 7.11 Å². The predicted octanol–water partition coefficient (Wildman–Crippen LogP) is 3.42. The molecule has 1 aromatic rings. The third kappa shape index (κ3) is 4.30. The van der Waals surface area contributed by atoms with E-state index in [2.05, 4.69) is 34.2 Å². The van der Waals surface area contributed by atoms with Crippen LogP contribution in [0.5, 0.6) is 0 Å². The summed E-state index contributed by atoms with van der Waals surface area (Å²) in [7, 11) is 1.82. The molecule has 0 spiro atoms. The van der Waals surface area contributed by atoms with Gasteiger partial charge in [0.1, 0.15) is 5.82 Å². The van der Waals surface area contributed by atoms with Crippen molar-refractivity contribution in [3.05, 3.63) is 23.8 Å². The van der Waals surface area contributed by atoms with E-state index in [0.29, 0.717) is 5.92 Å². The zero-order valence-corrected chi connectivity index (χ0v) is 14.7. The Balaban J connectivity index is 1.46. The van der Waals surface area contributed by atoms with Crippen LogP contribution < -0.4 is 0 Å². The van der Waals surface area contributed by atoms with Gasteiger partial charge < -0.3 is 9.64 Å². The molecule has 0 aromatic carbocycles. The van der Waals surface area contributed by atoms with Gasteiger partial charge in [0.2, 0.25) is 0 Å². The van der Waals surface area contributed by atoms with Crippen molar-refractivity contribution in [3.8, 4) is 0 Å². The molecule has 0 atom stereocenters. The molecule has 2 fully saturated rings. The van der Waals surface area contributed by atoms with Gasteiger partial charge in [0, 0.05) is 38.6 Å². The summed E-state index contributed by atoms with van der Waals surface area (Å²) < 4.78 is 5.31. The molecule has 0 N–H and O–H groups in total. The lowest BCUT2D eigenvalue weighted by Gasteiger charge is -2.40. The molecule has 1 aliphatic heterocycles. The summed E-state index contributed by atoms with van der Waals surface area (Å²) in [5.41, 5.74) is 1.35. The van der Waals surface area contributed by atoms with Gasteiger partial charge in [-0.2, -0.15) is 0 Å². The van der Waals surface area contributed by atoms with Crippen molar-refractivity contribution < 1.29 is 4.74 Å². The van der Waals surface area contributed by atoms with Crippen molar-refractivity contribution in [2.45, 2.75) is 63.8 Å². The second kappa shape index (κ2) is 8.20. The fourth-order valence-corrected chi connectivity index (χ4v) is 4.25. The van der Waals surface area contributed by atoms with Crippen LogP contribution in [0.2, 0.25) is 0 Å². The second-order valence-corrected chi connectivity index (χ2v) is 7.23. The standard InChI is InChI=1S/C19H31N3O/c1-3-19-20-12-17(13-21-19)16-4-6-18(7-5-16)22-10-8-15(9-11-22)14-23-2/h12-13,15-16,18H,3-11,14H2,1-2H3/t16-,18-. The maximum atomic E-state index is 5.31. The average molecular weight is 317 g/mol. The number of ether oxygens (including phenoxy) is 1. The minimum absolute atomic E-state index is 0.670. The number of rotatable bonds is 5. The molecule has 3 rings (SSSR count). The van der Waals surface area contributed by atoms with Gasteiger partial charge in [-0.05, 0) is 69.0 Å². The summed E-state index contributed by atoms with van der Waals surface area (Å²) in [6.07, 6.45) is 12.9. The summed E-state index contributed by atoms with van der Waals surface area (Å²) in [5, 5.41) is 0. The van der Waals surface area contributed by atoms with E-state index in [4.69, 9.17) is 4.74 Å². The minimum Gasteiger partial charge on any atom is -0.384 e. The third-order valence-electron chi connectivity index (χ3n) is 5.78. The fourth-order valence-electron chi connectivity index (χ4n) is 4.25. The van der Waals surface area contributed by atoms with Crippen molar-refractivity contribution in [1.29, 1.82) is 0 Å². The first kappa shape index (κ1) is 16.8. The Hall–Kier alpha value is -1.00. The third-order valence-corrected chi connectivity index (χ3v) is 5.78. The van der Waals surface area contributed by atoms with Crippen LogP contribution in [0.3, 0.4) is 0 Å². The van der Waals surface area contributed by atoms with Gasteiger partial charge in [-0.1, -0.05) is 6.92 Å². The Bertz CT molecular complexity index is 460. The highest BCUT2D eigenvalue weighted by Crippen LogP contribution is 2.35. The van der Waals surface area contributed by atoms with Crippen LogP contribution in [-0.4, -0.2) is 47.7 Å². The normalized spacial score (nSPS) is 27.2. The van der Waals surface area contributed by atoms with E-state index < -0.39 is 0 Å². The van der Waals surface area contributed by atoms with Gasteiger partial charge in [0.05, 0.1) is 0 Å². The van der Waals surface area contributed by atoms with Crippen LogP contribution in [-0.2, 0) is 11.2 Å². The van der Waals surface area contributed by atoms with Gasteiger partial charge in [0.15, 0.2) is 0 Å². The molecular formula is C19H31N3O. The number of likely N-dealkylation sites (tertiary alicyclic amines) is 1. The largest absolute Gasteiger partial charge is 0.384 e. The molecule has 128 valence electrons. The van der Waals surface area contributed by atoms with Crippen LogP contribution in [0.25, 0.3) is 0 Å². The molecule has 4 nitrogen and oxygen atoms in total. The highest BCUT2D eigenvalue weighted by atomic mass is 16.5. The Morgan fingerprint density at radius 2 is 1.70 bits per heavy atom. The Kier molecular flexibility index (Phi) is 6.01. The molecule has 23 heavy (non-hydrogen) atoms.